The number of benzene rings is 2. The Morgan fingerprint density at radius 1 is 0.875 bits per heavy atom. The lowest BCUT2D eigenvalue weighted by Gasteiger charge is -2.10. The summed E-state index contributed by atoms with van der Waals surface area (Å²) in [7, 11) is -0.725. The van der Waals surface area contributed by atoms with Crippen molar-refractivity contribution in [2.75, 3.05) is 6.26 Å². The molecular formula is C13H12ClPS. The minimum absolute atomic E-state index is 0.725. The summed E-state index contributed by atoms with van der Waals surface area (Å²) in [6, 6.07) is 18.7. The second kappa shape index (κ2) is 5.72. The third-order valence-corrected chi connectivity index (χ3v) is 5.70. The smallest absolute Gasteiger partial charge is 0.0524 e. The average molecular weight is 267 g/mol. The normalized spacial score (nSPS) is 12.4. The van der Waals surface area contributed by atoms with Gasteiger partial charge in [0.05, 0.1) is 7.27 Å². The van der Waals surface area contributed by atoms with E-state index in [0.717, 1.165) is 0 Å². The molecule has 1 atom stereocenters. The minimum Gasteiger partial charge on any atom is -0.130 e. The first kappa shape index (κ1) is 12.0. The summed E-state index contributed by atoms with van der Waals surface area (Å²) < 4.78 is 0. The Bertz CT molecular complexity index is 441. The van der Waals surface area contributed by atoms with Gasteiger partial charge in [-0.15, -0.1) is 11.8 Å². The third-order valence-electron chi connectivity index (χ3n) is 2.28. The Morgan fingerprint density at radius 3 is 2.00 bits per heavy atom. The molecule has 0 bridgehead atoms. The molecule has 0 saturated carbocycles. The lowest BCUT2D eigenvalue weighted by atomic mass is 10.4. The molecule has 0 radical (unpaired) electrons. The van der Waals surface area contributed by atoms with Gasteiger partial charge in [-0.2, -0.15) is 0 Å². The summed E-state index contributed by atoms with van der Waals surface area (Å²) in [5.74, 6) is 0. The van der Waals surface area contributed by atoms with E-state index in [1.807, 2.05) is 18.2 Å². The summed E-state index contributed by atoms with van der Waals surface area (Å²) in [6.45, 7) is 0. The van der Waals surface area contributed by atoms with E-state index in [-0.39, 0.29) is 0 Å². The molecule has 1 unspecified atom stereocenters. The van der Waals surface area contributed by atoms with Gasteiger partial charge in [0.15, 0.2) is 0 Å². The zero-order valence-electron chi connectivity index (χ0n) is 8.93. The van der Waals surface area contributed by atoms with E-state index < -0.39 is 7.27 Å². The molecule has 0 spiro atoms. The van der Waals surface area contributed by atoms with Crippen molar-refractivity contribution in [3.63, 3.8) is 0 Å². The van der Waals surface area contributed by atoms with Crippen LogP contribution in [-0.4, -0.2) is 6.26 Å². The molecule has 82 valence electrons. The van der Waals surface area contributed by atoms with E-state index in [0.29, 0.717) is 0 Å². The van der Waals surface area contributed by atoms with Gasteiger partial charge in [0.1, 0.15) is 0 Å². The first-order valence-electron chi connectivity index (χ1n) is 4.96. The van der Waals surface area contributed by atoms with Gasteiger partial charge in [-0.1, -0.05) is 53.7 Å². The summed E-state index contributed by atoms with van der Waals surface area (Å²) in [5, 5.41) is 2.41. The monoisotopic (exact) mass is 266 g/mol. The lowest BCUT2D eigenvalue weighted by molar-refractivity contribution is 1.49. The number of rotatable bonds is 3. The summed E-state index contributed by atoms with van der Waals surface area (Å²) in [4.78, 5) is 1.27. The maximum absolute atomic E-state index is 6.49. The first-order chi connectivity index (χ1) is 7.81. The van der Waals surface area contributed by atoms with Crippen LogP contribution in [0.1, 0.15) is 0 Å². The quantitative estimate of drug-likeness (QED) is 0.598. The van der Waals surface area contributed by atoms with Crippen LogP contribution in [0.3, 0.4) is 0 Å². The Kier molecular flexibility index (Phi) is 4.29. The number of hydrogen-bond donors (Lipinski definition) is 0. The van der Waals surface area contributed by atoms with Gasteiger partial charge < -0.3 is 0 Å². The highest BCUT2D eigenvalue weighted by atomic mass is 35.7. The van der Waals surface area contributed by atoms with Crippen LogP contribution in [0, 0.1) is 0 Å². The van der Waals surface area contributed by atoms with Gasteiger partial charge in [0.25, 0.3) is 0 Å². The fourth-order valence-corrected chi connectivity index (χ4v) is 3.65. The molecule has 0 heterocycles. The zero-order valence-corrected chi connectivity index (χ0v) is 11.4. The fraction of sp³-hybridized carbons (Fsp3) is 0.0769. The van der Waals surface area contributed by atoms with Gasteiger partial charge in [-0.3, -0.25) is 0 Å². The van der Waals surface area contributed by atoms with Crippen molar-refractivity contribution in [2.24, 2.45) is 0 Å². The molecule has 2 aromatic carbocycles. The van der Waals surface area contributed by atoms with Gasteiger partial charge in [0.2, 0.25) is 0 Å². The predicted octanol–water partition coefficient (Wildman–Crippen LogP) is 4.00. The van der Waals surface area contributed by atoms with E-state index in [4.69, 9.17) is 11.2 Å². The topological polar surface area (TPSA) is 0 Å². The van der Waals surface area contributed by atoms with Crippen molar-refractivity contribution in [3.05, 3.63) is 54.6 Å². The van der Waals surface area contributed by atoms with Crippen LogP contribution >= 0.6 is 30.3 Å². The Labute approximate surface area is 107 Å². The number of thioether (sulfide) groups is 1. The van der Waals surface area contributed by atoms with Crippen molar-refractivity contribution >= 4 is 40.9 Å². The minimum atomic E-state index is -0.725. The van der Waals surface area contributed by atoms with E-state index in [2.05, 4.69) is 42.7 Å². The van der Waals surface area contributed by atoms with Crippen molar-refractivity contribution in [2.45, 2.75) is 4.90 Å². The predicted molar refractivity (Wildman–Crippen MR) is 76.7 cm³/mol. The van der Waals surface area contributed by atoms with Crippen molar-refractivity contribution < 1.29 is 0 Å². The van der Waals surface area contributed by atoms with Gasteiger partial charge in [-0.05, 0) is 29.0 Å². The molecule has 2 rings (SSSR count). The Morgan fingerprint density at radius 2 is 1.44 bits per heavy atom. The molecule has 0 amide bonds. The molecule has 3 heteroatoms. The van der Waals surface area contributed by atoms with Crippen LogP contribution in [0.2, 0.25) is 0 Å². The largest absolute Gasteiger partial charge is 0.130 e. The molecule has 0 aliphatic heterocycles. The zero-order chi connectivity index (χ0) is 11.4. The molecule has 2 aromatic rings. The van der Waals surface area contributed by atoms with E-state index in [1.165, 1.54) is 15.5 Å². The molecule has 0 aliphatic rings. The van der Waals surface area contributed by atoms with Gasteiger partial charge in [0, 0.05) is 4.90 Å². The van der Waals surface area contributed by atoms with Crippen LogP contribution in [0.15, 0.2) is 59.5 Å². The maximum atomic E-state index is 6.49. The number of hydrogen-bond acceptors (Lipinski definition) is 1. The lowest BCUT2D eigenvalue weighted by Crippen LogP contribution is -2.07. The highest BCUT2D eigenvalue weighted by Gasteiger charge is 2.09. The number of halogens is 1. The van der Waals surface area contributed by atoms with Crippen LogP contribution in [0.5, 0.6) is 0 Å². The fourth-order valence-electron chi connectivity index (χ4n) is 1.42. The van der Waals surface area contributed by atoms with Crippen LogP contribution in [-0.2, 0) is 0 Å². The average Bonchev–Trinajstić information content (AvgIpc) is 2.39. The molecule has 16 heavy (non-hydrogen) atoms. The molecule has 0 nitrogen and oxygen atoms in total. The molecular weight excluding hydrogens is 255 g/mol. The standard InChI is InChI=1S/C13H12ClPS/c1-16-13-9-7-12(8-10-13)15(14)11-5-3-2-4-6-11/h2-10H,1H3. The third kappa shape index (κ3) is 2.79. The van der Waals surface area contributed by atoms with Gasteiger partial charge >= 0.3 is 0 Å². The van der Waals surface area contributed by atoms with E-state index >= 15 is 0 Å². The van der Waals surface area contributed by atoms with Crippen LogP contribution < -0.4 is 10.6 Å². The Balaban J connectivity index is 2.24. The van der Waals surface area contributed by atoms with Crippen LogP contribution in [0.25, 0.3) is 0 Å². The second-order valence-electron chi connectivity index (χ2n) is 3.31. The second-order valence-corrected chi connectivity index (χ2v) is 6.80. The molecule has 0 fully saturated rings. The summed E-state index contributed by atoms with van der Waals surface area (Å²) in [6.07, 6.45) is 2.08. The van der Waals surface area contributed by atoms with E-state index in [9.17, 15) is 0 Å². The van der Waals surface area contributed by atoms with Crippen molar-refractivity contribution in [3.8, 4) is 0 Å². The highest BCUT2D eigenvalue weighted by Crippen LogP contribution is 2.38. The summed E-state index contributed by atoms with van der Waals surface area (Å²) in [5.41, 5.74) is 0. The highest BCUT2D eigenvalue weighted by molar-refractivity contribution is 7.98. The SMILES string of the molecule is CSc1ccc(P(Cl)c2ccccc2)cc1. The Hall–Kier alpha value is -0.490. The summed E-state index contributed by atoms with van der Waals surface area (Å²) >= 11 is 8.23. The van der Waals surface area contributed by atoms with Crippen LogP contribution in [0.4, 0.5) is 0 Å². The molecule has 0 aromatic heterocycles. The van der Waals surface area contributed by atoms with Crippen molar-refractivity contribution in [1.29, 1.82) is 0 Å². The molecule has 0 aliphatic carbocycles. The maximum Gasteiger partial charge on any atom is 0.0524 e. The first-order valence-corrected chi connectivity index (χ1v) is 8.43. The van der Waals surface area contributed by atoms with Gasteiger partial charge in [-0.25, -0.2) is 0 Å². The molecule has 0 N–H and O–H groups in total. The van der Waals surface area contributed by atoms with Crippen molar-refractivity contribution in [1.82, 2.24) is 0 Å². The van der Waals surface area contributed by atoms with E-state index in [1.54, 1.807) is 11.8 Å². The molecule has 0 saturated heterocycles.